The largest absolute Gasteiger partial charge is 0.493 e. The number of ketones is 2. The summed E-state index contributed by atoms with van der Waals surface area (Å²) in [6.07, 6.45) is -0.142. The highest BCUT2D eigenvalue weighted by molar-refractivity contribution is 7.21. The van der Waals surface area contributed by atoms with Crippen LogP contribution in [0.3, 0.4) is 0 Å². The van der Waals surface area contributed by atoms with Crippen molar-refractivity contribution < 1.29 is 52.0 Å². The summed E-state index contributed by atoms with van der Waals surface area (Å²) < 4.78 is 54.4. The molecule has 0 saturated heterocycles. The minimum absolute atomic E-state index is 0.0382. The van der Waals surface area contributed by atoms with Crippen molar-refractivity contribution in [1.82, 2.24) is 5.32 Å². The first-order chi connectivity index (χ1) is 23.5. The lowest BCUT2D eigenvalue weighted by atomic mass is 9.86. The molecule has 0 aliphatic carbocycles. The van der Waals surface area contributed by atoms with E-state index in [1.165, 1.54) is 40.2 Å². The molecule has 0 aliphatic rings. The average molecular weight is 735 g/mol. The van der Waals surface area contributed by atoms with Gasteiger partial charge >= 0.3 is 5.97 Å². The number of amides is 1. The SMILES string of the molecule is COc1cc2sc(C(=O)CC(C)(C)C(=O)O)cc2c(F)c1OCCCOc1c(OC)cc2sc(C(=O)CC(C)(C)C(=O)NCCN)cc2c1F. The van der Waals surface area contributed by atoms with Crippen LogP contribution in [0.25, 0.3) is 20.2 Å². The zero-order valence-electron chi connectivity index (χ0n) is 28.6. The zero-order valence-corrected chi connectivity index (χ0v) is 30.3. The average Bonchev–Trinajstić information content (AvgIpc) is 3.70. The summed E-state index contributed by atoms with van der Waals surface area (Å²) in [6.45, 7) is 6.68. The van der Waals surface area contributed by atoms with Crippen LogP contribution in [-0.2, 0) is 9.59 Å². The summed E-state index contributed by atoms with van der Waals surface area (Å²) in [7, 11) is 2.71. The van der Waals surface area contributed by atoms with Gasteiger partial charge in [-0.05, 0) is 26.0 Å². The van der Waals surface area contributed by atoms with Gasteiger partial charge in [0.15, 0.2) is 46.2 Å². The molecule has 0 aliphatic heterocycles. The van der Waals surface area contributed by atoms with Crippen molar-refractivity contribution in [3.8, 4) is 23.0 Å². The summed E-state index contributed by atoms with van der Waals surface area (Å²) in [4.78, 5) is 50.4. The number of hydrogen-bond donors (Lipinski definition) is 3. The number of aliphatic carboxylic acids is 1. The Morgan fingerprint density at radius 3 is 1.62 bits per heavy atom. The predicted octanol–water partition coefficient (Wildman–Crippen LogP) is 6.62. The monoisotopic (exact) mass is 734 g/mol. The molecule has 50 heavy (non-hydrogen) atoms. The number of carboxylic acid groups (broad SMARTS) is 1. The van der Waals surface area contributed by atoms with Crippen molar-refractivity contribution in [3.05, 3.63) is 45.7 Å². The number of halogens is 2. The van der Waals surface area contributed by atoms with Crippen LogP contribution in [-0.4, -0.2) is 69.1 Å². The first kappa shape index (κ1) is 38.5. The second kappa shape index (κ2) is 15.7. The third-order valence-electron chi connectivity index (χ3n) is 7.96. The van der Waals surface area contributed by atoms with Crippen LogP contribution >= 0.6 is 22.7 Å². The van der Waals surface area contributed by atoms with Crippen molar-refractivity contribution in [3.63, 3.8) is 0 Å². The lowest BCUT2D eigenvalue weighted by molar-refractivity contribution is -0.146. The molecule has 4 rings (SSSR count). The highest BCUT2D eigenvalue weighted by atomic mass is 32.1. The number of ether oxygens (including phenoxy) is 4. The van der Waals surface area contributed by atoms with E-state index in [4.69, 9.17) is 24.7 Å². The quantitative estimate of drug-likeness (QED) is 0.0748. The van der Waals surface area contributed by atoms with Gasteiger partial charge in [0.05, 0.1) is 48.0 Å². The fourth-order valence-corrected chi connectivity index (χ4v) is 7.06. The third-order valence-corrected chi connectivity index (χ3v) is 10.2. The van der Waals surface area contributed by atoms with Gasteiger partial charge in [-0.1, -0.05) is 13.8 Å². The molecule has 1 amide bonds. The minimum Gasteiger partial charge on any atom is -0.493 e. The van der Waals surface area contributed by atoms with Crippen LogP contribution in [0.2, 0.25) is 0 Å². The van der Waals surface area contributed by atoms with E-state index in [-0.39, 0.29) is 101 Å². The number of carbonyl (C=O) groups excluding carboxylic acids is 3. The third kappa shape index (κ3) is 8.33. The van der Waals surface area contributed by atoms with Gasteiger partial charge in [-0.3, -0.25) is 19.2 Å². The van der Waals surface area contributed by atoms with Gasteiger partial charge in [0.25, 0.3) is 0 Å². The number of benzene rings is 2. The maximum atomic E-state index is 15.7. The van der Waals surface area contributed by atoms with Gasteiger partial charge in [-0.25, -0.2) is 8.78 Å². The molecule has 0 bridgehead atoms. The van der Waals surface area contributed by atoms with E-state index in [9.17, 15) is 24.3 Å². The molecule has 2 heterocycles. The van der Waals surface area contributed by atoms with Gasteiger partial charge in [-0.2, -0.15) is 0 Å². The number of methoxy groups -OCH3 is 2. The topological polar surface area (TPSA) is 163 Å². The Bertz CT molecular complexity index is 1930. The van der Waals surface area contributed by atoms with E-state index in [0.717, 1.165) is 22.7 Å². The lowest BCUT2D eigenvalue weighted by Gasteiger charge is -2.22. The number of Topliss-reactive ketones (excluding diaryl/α,β-unsaturated/α-hetero) is 2. The number of nitrogens with one attached hydrogen (secondary N) is 1. The predicted molar refractivity (Wildman–Crippen MR) is 187 cm³/mol. The number of carbonyl (C=O) groups is 4. The van der Waals surface area contributed by atoms with Gasteiger partial charge < -0.3 is 35.1 Å². The fraction of sp³-hybridized carbons (Fsp3) is 0.429. The number of fused-ring (bicyclic) bond motifs is 2. The normalized spacial score (nSPS) is 11.9. The number of carboxylic acids is 1. The summed E-state index contributed by atoms with van der Waals surface area (Å²) in [6, 6.07) is 5.92. The van der Waals surface area contributed by atoms with Gasteiger partial charge in [0, 0.05) is 64.7 Å². The van der Waals surface area contributed by atoms with Crippen molar-refractivity contribution in [1.29, 1.82) is 0 Å². The Labute approximate surface area is 295 Å². The minimum atomic E-state index is -1.29. The van der Waals surface area contributed by atoms with Crippen molar-refractivity contribution in [2.24, 2.45) is 16.6 Å². The van der Waals surface area contributed by atoms with Crippen molar-refractivity contribution >= 4 is 66.3 Å². The lowest BCUT2D eigenvalue weighted by Crippen LogP contribution is -2.40. The molecule has 0 radical (unpaired) electrons. The van der Waals surface area contributed by atoms with E-state index in [0.29, 0.717) is 9.40 Å². The fourth-order valence-electron chi connectivity index (χ4n) is 5.01. The van der Waals surface area contributed by atoms with Crippen molar-refractivity contribution in [2.75, 3.05) is 40.5 Å². The number of hydrogen-bond acceptors (Lipinski definition) is 11. The number of rotatable bonds is 18. The van der Waals surface area contributed by atoms with Gasteiger partial charge in [0.2, 0.25) is 5.91 Å². The molecule has 0 saturated carbocycles. The molecule has 4 aromatic rings. The molecule has 0 atom stereocenters. The number of thiophene rings is 2. The second-order valence-electron chi connectivity index (χ2n) is 12.9. The molecule has 4 N–H and O–H groups in total. The molecule has 0 unspecified atom stereocenters. The molecule has 2 aromatic carbocycles. The molecule has 2 aromatic heterocycles. The zero-order chi connectivity index (χ0) is 37.0. The van der Waals surface area contributed by atoms with Gasteiger partial charge in [0.1, 0.15) is 0 Å². The highest BCUT2D eigenvalue weighted by Crippen LogP contribution is 2.42. The van der Waals surface area contributed by atoms with E-state index in [1.54, 1.807) is 26.0 Å². The summed E-state index contributed by atoms with van der Waals surface area (Å²) in [5, 5.41) is 12.4. The molecular formula is C35H40F2N2O9S2. The van der Waals surface area contributed by atoms with Crippen LogP contribution in [0.1, 0.15) is 66.3 Å². The Morgan fingerprint density at radius 1 is 0.780 bits per heavy atom. The summed E-state index contributed by atoms with van der Waals surface area (Å²) in [5.74, 6) is -3.74. The Hall–Kier alpha value is -4.34. The first-order valence-corrected chi connectivity index (χ1v) is 17.3. The highest BCUT2D eigenvalue weighted by Gasteiger charge is 2.33. The van der Waals surface area contributed by atoms with E-state index in [1.807, 2.05) is 0 Å². The standard InChI is InChI=1S/C35H40F2N2O9S2/c1-34(2,32(42)39-9-8-38)16-20(40)26-12-18-24(49-26)14-22(45-5)30(28(18)36)47-10-7-11-48-31-23(46-6)15-25-19(29(31)37)13-27(50-25)21(41)17-35(3,4)33(43)44/h12-15H,7-11,16-17,38H2,1-6H3,(H,39,42)(H,43,44). The van der Waals surface area contributed by atoms with Crippen LogP contribution in [0.4, 0.5) is 8.78 Å². The maximum absolute atomic E-state index is 15.7. The van der Waals surface area contributed by atoms with Crippen molar-refractivity contribution in [2.45, 2.75) is 47.0 Å². The second-order valence-corrected chi connectivity index (χ2v) is 15.0. The molecule has 270 valence electrons. The smallest absolute Gasteiger partial charge is 0.309 e. The molecule has 0 spiro atoms. The van der Waals surface area contributed by atoms with E-state index < -0.39 is 34.2 Å². The molecule has 15 heteroatoms. The van der Waals surface area contributed by atoms with Crippen LogP contribution in [0, 0.1) is 22.5 Å². The summed E-state index contributed by atoms with van der Waals surface area (Å²) in [5.41, 5.74) is 3.17. The van der Waals surface area contributed by atoms with E-state index >= 15 is 8.78 Å². The number of nitrogens with two attached hydrogens (primary N) is 1. The first-order valence-electron chi connectivity index (χ1n) is 15.7. The Balaban J connectivity index is 1.44. The molecule has 0 fully saturated rings. The van der Waals surface area contributed by atoms with Crippen LogP contribution in [0.15, 0.2) is 24.3 Å². The maximum Gasteiger partial charge on any atom is 0.309 e. The van der Waals surface area contributed by atoms with Gasteiger partial charge in [-0.15, -0.1) is 22.7 Å². The van der Waals surface area contributed by atoms with Crippen LogP contribution < -0.4 is 30.0 Å². The Kier molecular flexibility index (Phi) is 12.1. The molecular weight excluding hydrogens is 695 g/mol. The van der Waals surface area contributed by atoms with E-state index in [2.05, 4.69) is 5.32 Å². The Morgan fingerprint density at radius 2 is 1.22 bits per heavy atom. The summed E-state index contributed by atoms with van der Waals surface area (Å²) >= 11 is 2.11. The van der Waals surface area contributed by atoms with Crippen LogP contribution in [0.5, 0.6) is 23.0 Å². The molecule has 11 nitrogen and oxygen atoms in total.